The maximum Gasteiger partial charge on any atom is 0.266 e. The van der Waals surface area contributed by atoms with Crippen LogP contribution in [0.4, 0.5) is 5.69 Å². The molecule has 3 aromatic carbocycles. The van der Waals surface area contributed by atoms with E-state index >= 15 is 0 Å². The smallest absolute Gasteiger partial charge is 0.266 e. The molecule has 0 aliphatic carbocycles. The highest BCUT2D eigenvalue weighted by Crippen LogP contribution is 2.29. The molecule has 176 valence electrons. The lowest BCUT2D eigenvalue weighted by Gasteiger charge is -2.25. The molecule has 0 saturated carbocycles. The van der Waals surface area contributed by atoms with Crippen molar-refractivity contribution in [1.29, 1.82) is 5.26 Å². The van der Waals surface area contributed by atoms with Crippen LogP contribution >= 0.6 is 11.8 Å². The molecule has 0 saturated heterocycles. The molecular weight excluding hydrogens is 456 g/mol. The van der Waals surface area contributed by atoms with Gasteiger partial charge in [0.15, 0.2) is 5.16 Å². The molecular formula is C28H26N4O2S. The molecule has 7 heteroatoms. The van der Waals surface area contributed by atoms with Crippen LogP contribution in [0, 0.1) is 25.2 Å². The van der Waals surface area contributed by atoms with E-state index in [-0.39, 0.29) is 17.9 Å². The minimum absolute atomic E-state index is 0.146. The maximum absolute atomic E-state index is 13.7. The fourth-order valence-corrected chi connectivity index (χ4v) is 5.09. The fraction of sp³-hybridized carbons (Fsp3) is 0.214. The van der Waals surface area contributed by atoms with Crippen molar-refractivity contribution in [2.45, 2.75) is 37.6 Å². The lowest BCUT2D eigenvalue weighted by molar-refractivity contribution is -0.117. The number of para-hydroxylation sites is 3. The Balaban J connectivity index is 1.80. The van der Waals surface area contributed by atoms with Crippen LogP contribution in [0.25, 0.3) is 16.6 Å². The number of thioether (sulfide) groups is 1. The molecule has 35 heavy (non-hydrogen) atoms. The summed E-state index contributed by atoms with van der Waals surface area (Å²) in [5, 5.41) is 9.56. The van der Waals surface area contributed by atoms with Gasteiger partial charge < -0.3 is 4.90 Å². The van der Waals surface area contributed by atoms with Gasteiger partial charge in [-0.25, -0.2) is 4.98 Å². The number of carbonyl (C=O) groups is 1. The second-order valence-electron chi connectivity index (χ2n) is 8.29. The number of carbonyl (C=O) groups excluding carboxylic acids is 1. The predicted octanol–water partition coefficient (Wildman–Crippen LogP) is 5.43. The van der Waals surface area contributed by atoms with Crippen LogP contribution in [0.2, 0.25) is 0 Å². The number of fused-ring (bicyclic) bond motifs is 1. The second-order valence-corrected chi connectivity index (χ2v) is 9.59. The first kappa shape index (κ1) is 24.2. The van der Waals surface area contributed by atoms with Crippen molar-refractivity contribution in [3.05, 3.63) is 94.3 Å². The summed E-state index contributed by atoms with van der Waals surface area (Å²) in [5.74, 6) is -0.146. The van der Waals surface area contributed by atoms with Crippen molar-refractivity contribution in [1.82, 2.24) is 9.55 Å². The minimum atomic E-state index is -0.544. The van der Waals surface area contributed by atoms with Gasteiger partial charge in [-0.3, -0.25) is 14.2 Å². The summed E-state index contributed by atoms with van der Waals surface area (Å²) in [6.45, 7) is 6.03. The molecule has 4 aromatic rings. The van der Waals surface area contributed by atoms with Crippen LogP contribution < -0.4 is 10.5 Å². The van der Waals surface area contributed by atoms with Gasteiger partial charge in [-0.15, -0.1) is 0 Å². The number of rotatable bonds is 7. The van der Waals surface area contributed by atoms with Crippen LogP contribution in [0.3, 0.4) is 0 Å². The van der Waals surface area contributed by atoms with E-state index in [0.29, 0.717) is 22.6 Å². The lowest BCUT2D eigenvalue weighted by Crippen LogP contribution is -2.37. The van der Waals surface area contributed by atoms with E-state index in [2.05, 4.69) is 6.07 Å². The molecule has 0 aliphatic rings. The molecule has 6 nitrogen and oxygen atoms in total. The highest BCUT2D eigenvalue weighted by atomic mass is 32.2. The van der Waals surface area contributed by atoms with Crippen LogP contribution in [-0.2, 0) is 4.79 Å². The van der Waals surface area contributed by atoms with Gasteiger partial charge in [-0.05, 0) is 56.2 Å². The summed E-state index contributed by atoms with van der Waals surface area (Å²) in [7, 11) is 0. The highest BCUT2D eigenvalue weighted by Gasteiger charge is 2.26. The Morgan fingerprint density at radius 1 is 1.03 bits per heavy atom. The quantitative estimate of drug-likeness (QED) is 0.259. The zero-order valence-electron chi connectivity index (χ0n) is 19.9. The number of nitrogens with zero attached hydrogens (tertiary/aromatic N) is 4. The van der Waals surface area contributed by atoms with Crippen molar-refractivity contribution >= 4 is 34.3 Å². The Hall–Kier alpha value is -3.89. The van der Waals surface area contributed by atoms with Crippen molar-refractivity contribution in [3.63, 3.8) is 0 Å². The number of anilines is 1. The second kappa shape index (κ2) is 10.6. The molecule has 0 N–H and O–H groups in total. The van der Waals surface area contributed by atoms with Crippen molar-refractivity contribution in [2.75, 3.05) is 11.4 Å². The van der Waals surface area contributed by atoms with Gasteiger partial charge in [0.05, 0.1) is 34.3 Å². The standard InChI is InChI=1S/C28H26N4O2S/c1-19-11-9-12-20(2)25(19)32-27(34)23-15-7-8-16-24(23)30-28(32)35-21(3)26(33)31(18-10-17-29)22-13-5-4-6-14-22/h4-9,11-16,21H,10,18H2,1-3H3/t21-/m1/s1. The third-order valence-corrected chi connectivity index (χ3v) is 6.86. The Morgan fingerprint density at radius 3 is 2.37 bits per heavy atom. The molecule has 4 rings (SSSR count). The number of hydrogen-bond acceptors (Lipinski definition) is 5. The molecule has 1 heterocycles. The molecule has 1 amide bonds. The third-order valence-electron chi connectivity index (χ3n) is 5.82. The average molecular weight is 483 g/mol. The molecule has 0 aliphatic heterocycles. The van der Waals surface area contributed by atoms with E-state index < -0.39 is 5.25 Å². The predicted molar refractivity (Wildman–Crippen MR) is 141 cm³/mol. The first-order valence-corrected chi connectivity index (χ1v) is 12.3. The minimum Gasteiger partial charge on any atom is -0.310 e. The Kier molecular flexibility index (Phi) is 7.33. The molecule has 0 unspecified atom stereocenters. The average Bonchev–Trinajstić information content (AvgIpc) is 2.86. The number of aryl methyl sites for hydroxylation is 2. The van der Waals surface area contributed by atoms with Gasteiger partial charge in [0.1, 0.15) is 0 Å². The topological polar surface area (TPSA) is 79.0 Å². The summed E-state index contributed by atoms with van der Waals surface area (Å²) >= 11 is 1.25. The first-order chi connectivity index (χ1) is 16.9. The summed E-state index contributed by atoms with van der Waals surface area (Å²) in [6, 6.07) is 24.6. The Morgan fingerprint density at radius 2 is 1.69 bits per heavy atom. The number of aromatic nitrogens is 2. The summed E-state index contributed by atoms with van der Waals surface area (Å²) in [6.07, 6.45) is 0.222. The number of benzene rings is 3. The van der Waals surface area contributed by atoms with E-state index in [1.165, 1.54) is 11.8 Å². The molecule has 0 bridgehead atoms. The zero-order chi connectivity index (χ0) is 24.9. The maximum atomic E-state index is 13.7. The first-order valence-electron chi connectivity index (χ1n) is 11.4. The molecule has 0 fully saturated rings. The third kappa shape index (κ3) is 4.98. The largest absolute Gasteiger partial charge is 0.310 e. The SMILES string of the molecule is Cc1cccc(C)c1-n1c(S[C@H](C)C(=O)N(CCC#N)c2ccccc2)nc2ccccc2c1=O. The number of hydrogen-bond donors (Lipinski definition) is 0. The van der Waals surface area contributed by atoms with E-state index in [1.807, 2.05) is 87.5 Å². The van der Waals surface area contributed by atoms with Gasteiger partial charge in [-0.2, -0.15) is 5.26 Å². The van der Waals surface area contributed by atoms with Crippen molar-refractivity contribution < 1.29 is 4.79 Å². The summed E-state index contributed by atoms with van der Waals surface area (Å²) < 4.78 is 1.63. The van der Waals surface area contributed by atoms with Crippen LogP contribution in [0.1, 0.15) is 24.5 Å². The van der Waals surface area contributed by atoms with Gasteiger partial charge >= 0.3 is 0 Å². The number of nitriles is 1. The van der Waals surface area contributed by atoms with Crippen LogP contribution in [0.15, 0.2) is 82.7 Å². The lowest BCUT2D eigenvalue weighted by atomic mass is 10.1. The zero-order valence-corrected chi connectivity index (χ0v) is 20.7. The van der Waals surface area contributed by atoms with Crippen LogP contribution in [-0.4, -0.2) is 27.3 Å². The van der Waals surface area contributed by atoms with E-state index in [9.17, 15) is 9.59 Å². The fourth-order valence-electron chi connectivity index (χ4n) is 4.11. The summed E-state index contributed by atoms with van der Waals surface area (Å²) in [5.41, 5.74) is 3.84. The highest BCUT2D eigenvalue weighted by molar-refractivity contribution is 8.00. The molecule has 0 spiro atoms. The van der Waals surface area contributed by atoms with Crippen molar-refractivity contribution in [3.8, 4) is 11.8 Å². The Labute approximate surface area is 208 Å². The van der Waals surface area contributed by atoms with E-state index in [0.717, 1.165) is 22.5 Å². The number of amides is 1. The molecule has 1 aromatic heterocycles. The normalized spacial score (nSPS) is 11.7. The monoisotopic (exact) mass is 482 g/mol. The Bertz CT molecular complexity index is 1450. The van der Waals surface area contributed by atoms with Gasteiger partial charge in [0, 0.05) is 12.2 Å². The van der Waals surface area contributed by atoms with E-state index in [1.54, 1.807) is 15.5 Å². The molecule has 0 radical (unpaired) electrons. The summed E-state index contributed by atoms with van der Waals surface area (Å²) in [4.78, 5) is 33.7. The van der Waals surface area contributed by atoms with Gasteiger partial charge in [-0.1, -0.05) is 60.3 Å². The van der Waals surface area contributed by atoms with Gasteiger partial charge in [0.25, 0.3) is 5.56 Å². The van der Waals surface area contributed by atoms with Crippen molar-refractivity contribution in [2.24, 2.45) is 0 Å². The van der Waals surface area contributed by atoms with Gasteiger partial charge in [0.2, 0.25) is 5.91 Å². The van der Waals surface area contributed by atoms with Crippen LogP contribution in [0.5, 0.6) is 0 Å². The van der Waals surface area contributed by atoms with E-state index in [4.69, 9.17) is 10.2 Å². The molecule has 1 atom stereocenters.